The van der Waals surface area contributed by atoms with Crippen LogP contribution in [0.5, 0.6) is 0 Å². The monoisotopic (exact) mass is 321 g/mol. The molecule has 3 N–H and O–H groups in total. The number of carbonyl (C=O) groups excluding carboxylic acids is 1. The number of nitrogens with two attached hydrogens (primary N) is 1. The van der Waals surface area contributed by atoms with Gasteiger partial charge in [0.05, 0.1) is 12.6 Å². The Labute approximate surface area is 141 Å². The zero-order valence-corrected chi connectivity index (χ0v) is 13.3. The van der Waals surface area contributed by atoms with Crippen molar-refractivity contribution in [1.29, 1.82) is 0 Å². The number of fused-ring (bicyclic) bond motifs is 1. The van der Waals surface area contributed by atoms with Crippen LogP contribution in [0.4, 0.5) is 0 Å². The lowest BCUT2D eigenvalue weighted by Crippen LogP contribution is -2.28. The molecule has 5 heteroatoms. The molecule has 122 valence electrons. The molecule has 1 saturated heterocycles. The molecule has 0 aliphatic carbocycles. The molecule has 3 aromatic rings. The number of nitrogens with one attached hydrogen (secondary N) is 1. The van der Waals surface area contributed by atoms with Gasteiger partial charge in [-0.15, -0.1) is 0 Å². The second kappa shape index (κ2) is 6.09. The topological polar surface area (TPSA) is 72.9 Å². The Bertz CT molecular complexity index is 944. The smallest absolute Gasteiger partial charge is 0.250 e. The van der Waals surface area contributed by atoms with Gasteiger partial charge in [0.1, 0.15) is 5.52 Å². The lowest BCUT2D eigenvalue weighted by atomic mass is 9.92. The van der Waals surface area contributed by atoms with Gasteiger partial charge in [-0.2, -0.15) is 5.10 Å². The minimum Gasteiger partial charge on any atom is -0.366 e. The van der Waals surface area contributed by atoms with Gasteiger partial charge in [0.15, 0.2) is 0 Å². The van der Waals surface area contributed by atoms with Crippen LogP contribution in [-0.4, -0.2) is 28.8 Å². The molecular formula is C19H20N4O. The Morgan fingerprint density at radius 1 is 1.33 bits per heavy atom. The Hall–Kier alpha value is -2.66. The summed E-state index contributed by atoms with van der Waals surface area (Å²) < 4.78 is 10.1. The molecule has 4 rings (SSSR count). The summed E-state index contributed by atoms with van der Waals surface area (Å²) in [6.07, 6.45) is 4.15. The van der Waals surface area contributed by atoms with Crippen molar-refractivity contribution in [2.24, 2.45) is 5.73 Å². The summed E-state index contributed by atoms with van der Waals surface area (Å²) in [5.74, 6) is -0.0350. The predicted octanol–water partition coefficient (Wildman–Crippen LogP) is 2.59. The minimum atomic E-state index is -0.498. The van der Waals surface area contributed by atoms with Crippen molar-refractivity contribution in [3.63, 3.8) is 0 Å². The number of primary amides is 1. The van der Waals surface area contributed by atoms with Crippen LogP contribution in [0.1, 0.15) is 36.1 Å². The highest BCUT2D eigenvalue weighted by molar-refractivity contribution is 6.04. The summed E-state index contributed by atoms with van der Waals surface area (Å²) in [5, 5.41) is 8.73. The molecule has 2 aromatic carbocycles. The largest absolute Gasteiger partial charge is 0.366 e. The number of benzene rings is 2. The summed E-state index contributed by atoms with van der Waals surface area (Å²) in [6, 6.07) is 11.7. The molecule has 1 atom stereocenters. The molecule has 1 aliphatic heterocycles. The second-order valence-corrected chi connectivity index (χ2v) is 6.23. The third-order valence-corrected chi connectivity index (χ3v) is 4.64. The highest BCUT2D eigenvalue weighted by Gasteiger charge is 2.15. The Kier molecular flexibility index (Phi) is 3.49. The molecule has 0 saturated carbocycles. The number of carbonyl (C=O) groups is 1. The first-order chi connectivity index (χ1) is 12.1. The Morgan fingerprint density at radius 2 is 2.25 bits per heavy atom. The molecule has 1 aliphatic rings. The van der Waals surface area contributed by atoms with Crippen LogP contribution < -0.4 is 11.1 Å². The third kappa shape index (κ3) is 2.67. The molecule has 0 bridgehead atoms. The van der Waals surface area contributed by atoms with E-state index in [1.165, 1.54) is 12.0 Å². The van der Waals surface area contributed by atoms with Crippen LogP contribution in [0.25, 0.3) is 16.6 Å². The van der Waals surface area contributed by atoms with Crippen LogP contribution >= 0.6 is 0 Å². The van der Waals surface area contributed by atoms with Crippen molar-refractivity contribution >= 4 is 16.8 Å². The van der Waals surface area contributed by atoms with Gasteiger partial charge in [-0.05, 0) is 49.0 Å². The maximum absolute atomic E-state index is 11.6. The van der Waals surface area contributed by atoms with E-state index in [0.717, 1.165) is 24.9 Å². The number of nitrogens with zero attached hydrogens (tertiary/aromatic N) is 2. The second-order valence-electron chi connectivity index (χ2n) is 6.23. The summed E-state index contributed by atoms with van der Waals surface area (Å²) in [5.41, 5.74) is 8.27. The van der Waals surface area contributed by atoms with Gasteiger partial charge in [0.2, 0.25) is 0 Å². The van der Waals surface area contributed by atoms with E-state index in [1.54, 1.807) is 16.8 Å². The minimum absolute atomic E-state index is 0.396. The van der Waals surface area contributed by atoms with Gasteiger partial charge in [0, 0.05) is 18.1 Å². The summed E-state index contributed by atoms with van der Waals surface area (Å²) in [7, 11) is 0. The van der Waals surface area contributed by atoms with Crippen LogP contribution in [0.2, 0.25) is 0 Å². The molecule has 0 spiro atoms. The van der Waals surface area contributed by atoms with E-state index in [4.69, 9.17) is 7.10 Å². The van der Waals surface area contributed by atoms with Crippen molar-refractivity contribution in [3.05, 3.63) is 59.8 Å². The van der Waals surface area contributed by atoms with E-state index in [1.807, 2.05) is 24.4 Å². The van der Waals surface area contributed by atoms with Gasteiger partial charge in [0.25, 0.3) is 5.91 Å². The standard InChI is InChI=1S/C19H20N4O/c20-19(24)17-5-1-3-15-12-23(22-18(15)17)16-8-6-13(7-9-16)14-4-2-10-21-11-14/h1,3,5-9,12,14,21H,2,4,10-11H2,(H2,20,24)/t14-/m1/s1/i8D. The number of hydrogen-bond donors (Lipinski definition) is 2. The predicted molar refractivity (Wildman–Crippen MR) is 94.4 cm³/mol. The van der Waals surface area contributed by atoms with Gasteiger partial charge in [-0.25, -0.2) is 4.68 Å². The highest BCUT2D eigenvalue weighted by atomic mass is 16.1. The highest BCUT2D eigenvalue weighted by Crippen LogP contribution is 2.25. The molecule has 0 unspecified atom stereocenters. The number of aromatic nitrogens is 2. The molecule has 24 heavy (non-hydrogen) atoms. The normalized spacial score (nSPS) is 18.5. The van der Waals surface area contributed by atoms with E-state index < -0.39 is 5.91 Å². The molecule has 1 amide bonds. The van der Waals surface area contributed by atoms with Crippen LogP contribution in [0, 0.1) is 0 Å². The first-order valence-corrected chi connectivity index (χ1v) is 8.23. The fraction of sp³-hybridized carbons (Fsp3) is 0.263. The van der Waals surface area contributed by atoms with E-state index in [0.29, 0.717) is 28.7 Å². The first-order valence-electron chi connectivity index (χ1n) is 8.73. The number of hydrogen-bond acceptors (Lipinski definition) is 3. The lowest BCUT2D eigenvalue weighted by Gasteiger charge is -2.23. The SMILES string of the molecule is [2H]c1cc([C@@H]2CCCNC2)ccc1-n1cc2cccc(C(N)=O)c2n1. The summed E-state index contributed by atoms with van der Waals surface area (Å²) >= 11 is 0. The van der Waals surface area contributed by atoms with E-state index in [2.05, 4.69) is 16.5 Å². The molecule has 1 fully saturated rings. The van der Waals surface area contributed by atoms with Crippen molar-refractivity contribution in [2.75, 3.05) is 13.1 Å². The number of rotatable bonds is 3. The van der Waals surface area contributed by atoms with Crippen LogP contribution in [0.3, 0.4) is 0 Å². The van der Waals surface area contributed by atoms with Crippen LogP contribution in [0.15, 0.2) is 48.6 Å². The maximum atomic E-state index is 11.6. The van der Waals surface area contributed by atoms with Gasteiger partial charge < -0.3 is 11.1 Å². The zero-order chi connectivity index (χ0) is 17.4. The summed E-state index contributed by atoms with van der Waals surface area (Å²) in [4.78, 5) is 11.6. The fourth-order valence-corrected chi connectivity index (χ4v) is 3.33. The van der Waals surface area contributed by atoms with E-state index >= 15 is 0 Å². The van der Waals surface area contributed by atoms with E-state index in [-0.39, 0.29) is 0 Å². The Morgan fingerprint density at radius 3 is 3.00 bits per heavy atom. The number of piperidine rings is 1. The average molecular weight is 321 g/mol. The van der Waals surface area contributed by atoms with Crippen molar-refractivity contribution in [1.82, 2.24) is 15.1 Å². The van der Waals surface area contributed by atoms with Crippen LogP contribution in [-0.2, 0) is 0 Å². The Balaban J connectivity index is 1.73. The van der Waals surface area contributed by atoms with Gasteiger partial charge in [-0.1, -0.05) is 24.3 Å². The first kappa shape index (κ1) is 13.7. The quantitative estimate of drug-likeness (QED) is 0.779. The molecular weight excluding hydrogens is 300 g/mol. The maximum Gasteiger partial charge on any atom is 0.250 e. The van der Waals surface area contributed by atoms with Crippen molar-refractivity contribution in [3.8, 4) is 5.69 Å². The number of amides is 1. The molecule has 5 nitrogen and oxygen atoms in total. The fourth-order valence-electron chi connectivity index (χ4n) is 3.33. The van der Waals surface area contributed by atoms with Gasteiger partial charge >= 0.3 is 0 Å². The third-order valence-electron chi connectivity index (χ3n) is 4.64. The molecule has 0 radical (unpaired) electrons. The molecule has 1 aromatic heterocycles. The van der Waals surface area contributed by atoms with Crippen molar-refractivity contribution in [2.45, 2.75) is 18.8 Å². The van der Waals surface area contributed by atoms with Gasteiger partial charge in [-0.3, -0.25) is 4.79 Å². The summed E-state index contributed by atoms with van der Waals surface area (Å²) in [6.45, 7) is 2.04. The van der Waals surface area contributed by atoms with E-state index in [9.17, 15) is 4.79 Å². The van der Waals surface area contributed by atoms with Crippen molar-refractivity contribution < 1.29 is 6.17 Å². The molecule has 2 heterocycles. The zero-order valence-electron chi connectivity index (χ0n) is 14.3. The lowest BCUT2D eigenvalue weighted by molar-refractivity contribution is 0.100. The average Bonchev–Trinajstić information content (AvgIpc) is 3.06.